The molecule has 0 aliphatic carbocycles. The van der Waals surface area contributed by atoms with Gasteiger partial charge in [0, 0.05) is 58.0 Å². The summed E-state index contributed by atoms with van der Waals surface area (Å²) in [5.41, 5.74) is 1.24. The summed E-state index contributed by atoms with van der Waals surface area (Å²) in [6, 6.07) is 8.27. The molecule has 1 aromatic carbocycles. The minimum Gasteiger partial charge on any atom is -0.496 e. The predicted molar refractivity (Wildman–Crippen MR) is 99.5 cm³/mol. The molecule has 5 heteroatoms. The van der Waals surface area contributed by atoms with Crippen molar-refractivity contribution in [2.45, 2.75) is 43.9 Å². The number of methoxy groups -OCH3 is 1. The van der Waals surface area contributed by atoms with Crippen LogP contribution in [0.2, 0.25) is 0 Å². The summed E-state index contributed by atoms with van der Waals surface area (Å²) in [5, 5.41) is 0. The zero-order valence-electron chi connectivity index (χ0n) is 15.8. The molecule has 0 bridgehead atoms. The van der Waals surface area contributed by atoms with Crippen LogP contribution in [0.1, 0.15) is 31.2 Å². The highest BCUT2D eigenvalue weighted by Gasteiger charge is 2.47. The molecule has 144 valence electrons. The SMILES string of the molecule is COc1ccccc1CN1CC2(C[C@H](OCC3CCOCC3)CCO2)C1. The van der Waals surface area contributed by atoms with Crippen molar-refractivity contribution >= 4 is 0 Å². The fourth-order valence-corrected chi connectivity index (χ4v) is 4.49. The van der Waals surface area contributed by atoms with Crippen molar-refractivity contribution in [3.8, 4) is 5.75 Å². The largest absolute Gasteiger partial charge is 0.496 e. The normalized spacial score (nSPS) is 26.6. The Balaban J connectivity index is 1.25. The Kier molecular flexibility index (Phi) is 5.79. The zero-order chi connectivity index (χ0) is 17.8. The van der Waals surface area contributed by atoms with E-state index in [1.165, 1.54) is 5.56 Å². The first kappa shape index (κ1) is 18.2. The van der Waals surface area contributed by atoms with Gasteiger partial charge in [-0.3, -0.25) is 4.90 Å². The van der Waals surface area contributed by atoms with E-state index in [1.54, 1.807) is 7.11 Å². The summed E-state index contributed by atoms with van der Waals surface area (Å²) in [4.78, 5) is 2.44. The van der Waals surface area contributed by atoms with Crippen LogP contribution in [0.4, 0.5) is 0 Å². The average Bonchev–Trinajstić information content (AvgIpc) is 2.67. The average molecular weight is 361 g/mol. The van der Waals surface area contributed by atoms with Gasteiger partial charge in [-0.15, -0.1) is 0 Å². The van der Waals surface area contributed by atoms with Gasteiger partial charge in [0.05, 0.1) is 18.8 Å². The van der Waals surface area contributed by atoms with E-state index in [0.29, 0.717) is 12.0 Å². The Morgan fingerprint density at radius 1 is 1.12 bits per heavy atom. The zero-order valence-corrected chi connectivity index (χ0v) is 15.8. The molecule has 1 spiro atoms. The van der Waals surface area contributed by atoms with Gasteiger partial charge in [-0.2, -0.15) is 0 Å². The van der Waals surface area contributed by atoms with Crippen LogP contribution in [-0.2, 0) is 20.8 Å². The van der Waals surface area contributed by atoms with Crippen molar-refractivity contribution in [2.24, 2.45) is 5.92 Å². The minimum atomic E-state index is 0.000603. The van der Waals surface area contributed by atoms with Gasteiger partial charge in [-0.1, -0.05) is 18.2 Å². The van der Waals surface area contributed by atoms with Crippen molar-refractivity contribution in [2.75, 3.05) is 46.6 Å². The highest BCUT2D eigenvalue weighted by Crippen LogP contribution is 2.37. The first-order valence-electron chi connectivity index (χ1n) is 9.94. The molecule has 1 atom stereocenters. The van der Waals surface area contributed by atoms with Crippen molar-refractivity contribution in [3.05, 3.63) is 29.8 Å². The number of likely N-dealkylation sites (tertiary alicyclic amines) is 1. The number of nitrogens with zero attached hydrogens (tertiary/aromatic N) is 1. The number of hydrogen-bond acceptors (Lipinski definition) is 5. The Labute approximate surface area is 156 Å². The van der Waals surface area contributed by atoms with Gasteiger partial charge in [0.25, 0.3) is 0 Å². The lowest BCUT2D eigenvalue weighted by Gasteiger charge is -2.53. The summed E-state index contributed by atoms with van der Waals surface area (Å²) in [5.74, 6) is 1.64. The maximum atomic E-state index is 6.27. The number of para-hydroxylation sites is 1. The number of benzene rings is 1. The fourth-order valence-electron chi connectivity index (χ4n) is 4.49. The van der Waals surface area contributed by atoms with Gasteiger partial charge in [0.1, 0.15) is 5.75 Å². The summed E-state index contributed by atoms with van der Waals surface area (Å²) in [6.45, 7) is 6.39. The monoisotopic (exact) mass is 361 g/mol. The second kappa shape index (κ2) is 8.26. The van der Waals surface area contributed by atoms with Crippen LogP contribution in [0.3, 0.4) is 0 Å². The lowest BCUT2D eigenvalue weighted by atomic mass is 9.84. The van der Waals surface area contributed by atoms with Crippen LogP contribution < -0.4 is 4.74 Å². The lowest BCUT2D eigenvalue weighted by molar-refractivity contribution is -0.201. The van der Waals surface area contributed by atoms with Crippen molar-refractivity contribution < 1.29 is 18.9 Å². The van der Waals surface area contributed by atoms with E-state index in [2.05, 4.69) is 17.0 Å². The maximum absolute atomic E-state index is 6.27. The first-order valence-corrected chi connectivity index (χ1v) is 9.94. The number of hydrogen-bond donors (Lipinski definition) is 0. The molecule has 0 saturated carbocycles. The van der Waals surface area contributed by atoms with Gasteiger partial charge in [-0.25, -0.2) is 0 Å². The molecule has 5 nitrogen and oxygen atoms in total. The van der Waals surface area contributed by atoms with Gasteiger partial charge in [0.2, 0.25) is 0 Å². The molecule has 3 heterocycles. The summed E-state index contributed by atoms with van der Waals surface area (Å²) in [7, 11) is 1.74. The van der Waals surface area contributed by atoms with E-state index in [-0.39, 0.29) is 5.60 Å². The second-order valence-corrected chi connectivity index (χ2v) is 7.99. The van der Waals surface area contributed by atoms with E-state index >= 15 is 0 Å². The Hall–Kier alpha value is -1.14. The predicted octanol–water partition coefficient (Wildman–Crippen LogP) is 2.87. The molecule has 0 N–H and O–H groups in total. The van der Waals surface area contributed by atoms with E-state index in [0.717, 1.165) is 77.5 Å². The molecule has 3 aliphatic heterocycles. The van der Waals surface area contributed by atoms with Crippen LogP contribution >= 0.6 is 0 Å². The van der Waals surface area contributed by atoms with Crippen LogP contribution in [0, 0.1) is 5.92 Å². The molecule has 3 saturated heterocycles. The fraction of sp³-hybridized carbons (Fsp3) is 0.714. The number of ether oxygens (including phenoxy) is 4. The van der Waals surface area contributed by atoms with Crippen molar-refractivity contribution in [1.29, 1.82) is 0 Å². The quantitative estimate of drug-likeness (QED) is 0.779. The third kappa shape index (κ3) is 4.22. The summed E-state index contributed by atoms with van der Waals surface area (Å²) < 4.78 is 23.4. The van der Waals surface area contributed by atoms with Crippen LogP contribution in [0.5, 0.6) is 5.75 Å². The summed E-state index contributed by atoms with van der Waals surface area (Å²) in [6.07, 6.45) is 4.68. The summed E-state index contributed by atoms with van der Waals surface area (Å²) >= 11 is 0. The van der Waals surface area contributed by atoms with Crippen molar-refractivity contribution in [3.63, 3.8) is 0 Å². The number of rotatable bonds is 6. The highest BCUT2D eigenvalue weighted by atomic mass is 16.5. The lowest BCUT2D eigenvalue weighted by Crippen LogP contribution is -2.65. The Morgan fingerprint density at radius 3 is 2.73 bits per heavy atom. The maximum Gasteiger partial charge on any atom is 0.123 e. The molecule has 3 fully saturated rings. The van der Waals surface area contributed by atoms with Gasteiger partial charge >= 0.3 is 0 Å². The van der Waals surface area contributed by atoms with Crippen LogP contribution in [0.25, 0.3) is 0 Å². The minimum absolute atomic E-state index is 0.000603. The molecule has 3 aliphatic rings. The van der Waals surface area contributed by atoms with E-state index < -0.39 is 0 Å². The third-order valence-electron chi connectivity index (χ3n) is 5.97. The van der Waals surface area contributed by atoms with Crippen molar-refractivity contribution in [1.82, 2.24) is 4.90 Å². The third-order valence-corrected chi connectivity index (χ3v) is 5.97. The van der Waals surface area contributed by atoms with Gasteiger partial charge < -0.3 is 18.9 Å². The molecule has 26 heavy (non-hydrogen) atoms. The first-order chi connectivity index (χ1) is 12.8. The molecular weight excluding hydrogens is 330 g/mol. The second-order valence-electron chi connectivity index (χ2n) is 7.99. The van der Waals surface area contributed by atoms with E-state index in [1.807, 2.05) is 12.1 Å². The van der Waals surface area contributed by atoms with Crippen LogP contribution in [0.15, 0.2) is 24.3 Å². The molecule has 0 unspecified atom stereocenters. The van der Waals surface area contributed by atoms with E-state index in [4.69, 9.17) is 18.9 Å². The highest BCUT2D eigenvalue weighted by molar-refractivity contribution is 5.33. The van der Waals surface area contributed by atoms with Crippen LogP contribution in [-0.4, -0.2) is 63.2 Å². The molecular formula is C21H31NO4. The topological polar surface area (TPSA) is 40.2 Å². The Morgan fingerprint density at radius 2 is 1.92 bits per heavy atom. The van der Waals surface area contributed by atoms with Gasteiger partial charge in [-0.05, 0) is 31.2 Å². The van der Waals surface area contributed by atoms with Gasteiger partial charge in [0.15, 0.2) is 0 Å². The molecule has 0 amide bonds. The Bertz CT molecular complexity index is 581. The molecule has 4 rings (SSSR count). The van der Waals surface area contributed by atoms with E-state index in [9.17, 15) is 0 Å². The molecule has 1 aromatic rings. The molecule has 0 aromatic heterocycles. The standard InChI is InChI=1S/C21H31NO4/c1-23-20-5-3-2-4-18(20)13-22-15-21(16-22)12-19(8-11-26-21)25-14-17-6-9-24-10-7-17/h2-5,17,19H,6-16H2,1H3/t19-/m1/s1. The molecule has 0 radical (unpaired) electrons. The smallest absolute Gasteiger partial charge is 0.123 e.